The molecule has 0 saturated carbocycles. The van der Waals surface area contributed by atoms with Gasteiger partial charge in [-0.05, 0) is 12.8 Å². The standard InChI is InChI=1S/C10H13N5O3/c11-9-8-10(13-4-12-9)15(5-14-8)6(16)2-1-3-7(17)18/h4-6,16H,1-3H2,(H,17,18)(H2,11,12,13)/t6-/m0/s1. The number of fused-ring (bicyclic) bond motifs is 1. The summed E-state index contributed by atoms with van der Waals surface area (Å²) in [6.07, 6.45) is 2.53. The Kier molecular flexibility index (Phi) is 3.38. The van der Waals surface area contributed by atoms with Gasteiger partial charge in [0, 0.05) is 6.42 Å². The molecule has 0 saturated heterocycles. The number of carboxylic acids is 1. The first kappa shape index (κ1) is 12.2. The fourth-order valence-electron chi connectivity index (χ4n) is 1.66. The van der Waals surface area contributed by atoms with Crippen molar-refractivity contribution in [2.24, 2.45) is 0 Å². The van der Waals surface area contributed by atoms with Crippen LogP contribution in [-0.2, 0) is 4.79 Å². The molecule has 0 aromatic carbocycles. The van der Waals surface area contributed by atoms with Gasteiger partial charge in [0.2, 0.25) is 0 Å². The highest BCUT2D eigenvalue weighted by molar-refractivity contribution is 5.81. The Morgan fingerprint density at radius 1 is 1.44 bits per heavy atom. The number of nitrogens with zero attached hydrogens (tertiary/aromatic N) is 4. The van der Waals surface area contributed by atoms with Crippen molar-refractivity contribution in [3.8, 4) is 0 Å². The number of aromatic nitrogens is 4. The van der Waals surface area contributed by atoms with E-state index in [1.54, 1.807) is 0 Å². The topological polar surface area (TPSA) is 127 Å². The summed E-state index contributed by atoms with van der Waals surface area (Å²) >= 11 is 0. The third-order valence-electron chi connectivity index (χ3n) is 2.56. The highest BCUT2D eigenvalue weighted by Crippen LogP contribution is 2.20. The Labute approximate surface area is 102 Å². The number of carbonyl (C=O) groups is 1. The molecule has 2 heterocycles. The zero-order chi connectivity index (χ0) is 13.1. The van der Waals surface area contributed by atoms with Gasteiger partial charge in [0.05, 0.1) is 6.33 Å². The van der Waals surface area contributed by atoms with E-state index in [1.165, 1.54) is 17.2 Å². The molecule has 4 N–H and O–H groups in total. The maximum Gasteiger partial charge on any atom is 0.303 e. The molecule has 0 radical (unpaired) electrons. The number of aliphatic hydroxyl groups is 1. The predicted molar refractivity (Wildman–Crippen MR) is 62.5 cm³/mol. The number of nitrogen functional groups attached to an aromatic ring is 1. The highest BCUT2D eigenvalue weighted by Gasteiger charge is 2.14. The molecule has 96 valence electrons. The number of rotatable bonds is 5. The average molecular weight is 251 g/mol. The summed E-state index contributed by atoms with van der Waals surface area (Å²) in [4.78, 5) is 22.2. The number of hydrogen-bond acceptors (Lipinski definition) is 6. The van der Waals surface area contributed by atoms with Crippen LogP contribution >= 0.6 is 0 Å². The van der Waals surface area contributed by atoms with E-state index in [1.807, 2.05) is 0 Å². The second-order valence-electron chi connectivity index (χ2n) is 3.85. The summed E-state index contributed by atoms with van der Waals surface area (Å²) in [5.74, 6) is -0.638. The molecule has 8 nitrogen and oxygen atoms in total. The molecule has 0 aliphatic heterocycles. The van der Waals surface area contributed by atoms with Crippen molar-refractivity contribution < 1.29 is 15.0 Å². The normalized spacial score (nSPS) is 12.7. The number of nitrogens with two attached hydrogens (primary N) is 1. The molecular formula is C10H13N5O3. The maximum atomic E-state index is 10.4. The minimum atomic E-state index is -0.885. The fourth-order valence-corrected chi connectivity index (χ4v) is 1.66. The molecule has 18 heavy (non-hydrogen) atoms. The molecule has 2 aromatic heterocycles. The van der Waals surface area contributed by atoms with Gasteiger partial charge in [-0.25, -0.2) is 15.0 Å². The monoisotopic (exact) mass is 251 g/mol. The van der Waals surface area contributed by atoms with E-state index in [2.05, 4.69) is 15.0 Å². The van der Waals surface area contributed by atoms with Crippen molar-refractivity contribution in [2.45, 2.75) is 25.5 Å². The maximum absolute atomic E-state index is 10.4. The van der Waals surface area contributed by atoms with Crippen LogP contribution in [0.15, 0.2) is 12.7 Å². The Balaban J connectivity index is 2.15. The van der Waals surface area contributed by atoms with Crippen LogP contribution in [0, 0.1) is 0 Å². The minimum Gasteiger partial charge on any atom is -0.481 e. The second kappa shape index (κ2) is 4.96. The molecule has 2 rings (SSSR count). The van der Waals surface area contributed by atoms with Gasteiger partial charge < -0.3 is 15.9 Å². The molecule has 0 spiro atoms. The number of carboxylic acid groups (broad SMARTS) is 1. The zero-order valence-electron chi connectivity index (χ0n) is 9.52. The van der Waals surface area contributed by atoms with Crippen LogP contribution in [0.2, 0.25) is 0 Å². The summed E-state index contributed by atoms with van der Waals surface area (Å²) < 4.78 is 1.45. The lowest BCUT2D eigenvalue weighted by Crippen LogP contribution is -2.09. The van der Waals surface area contributed by atoms with Crippen LogP contribution in [0.1, 0.15) is 25.5 Å². The fraction of sp³-hybridized carbons (Fsp3) is 0.400. The molecule has 0 aliphatic carbocycles. The van der Waals surface area contributed by atoms with Crippen molar-refractivity contribution >= 4 is 23.0 Å². The van der Waals surface area contributed by atoms with Gasteiger partial charge in [-0.3, -0.25) is 9.36 Å². The molecule has 0 unspecified atom stereocenters. The molecule has 0 aliphatic rings. The molecule has 2 aromatic rings. The smallest absolute Gasteiger partial charge is 0.303 e. The summed E-state index contributed by atoms with van der Waals surface area (Å²) in [6.45, 7) is 0. The number of hydrogen-bond donors (Lipinski definition) is 3. The lowest BCUT2D eigenvalue weighted by molar-refractivity contribution is -0.137. The first-order valence-electron chi connectivity index (χ1n) is 5.42. The average Bonchev–Trinajstić information content (AvgIpc) is 2.73. The van der Waals surface area contributed by atoms with Crippen LogP contribution in [-0.4, -0.2) is 35.7 Å². The highest BCUT2D eigenvalue weighted by atomic mass is 16.4. The molecule has 1 atom stereocenters. The van der Waals surface area contributed by atoms with Crippen molar-refractivity contribution in [3.63, 3.8) is 0 Å². The SMILES string of the molecule is Nc1ncnc2c1ncn2[C@@H](O)CCCC(=O)O. The lowest BCUT2D eigenvalue weighted by atomic mass is 10.2. The van der Waals surface area contributed by atoms with Crippen LogP contribution < -0.4 is 5.73 Å². The van der Waals surface area contributed by atoms with E-state index >= 15 is 0 Å². The Hall–Kier alpha value is -2.22. The van der Waals surface area contributed by atoms with Crippen LogP contribution in [0.5, 0.6) is 0 Å². The van der Waals surface area contributed by atoms with E-state index in [0.717, 1.165) is 0 Å². The van der Waals surface area contributed by atoms with Crippen LogP contribution in [0.4, 0.5) is 5.82 Å². The van der Waals surface area contributed by atoms with E-state index in [-0.39, 0.29) is 12.2 Å². The molecule has 0 amide bonds. The number of anilines is 1. The van der Waals surface area contributed by atoms with Crippen molar-refractivity contribution in [1.29, 1.82) is 0 Å². The lowest BCUT2D eigenvalue weighted by Gasteiger charge is -2.11. The molecular weight excluding hydrogens is 238 g/mol. The summed E-state index contributed by atoms with van der Waals surface area (Å²) in [6, 6.07) is 0. The zero-order valence-corrected chi connectivity index (χ0v) is 9.52. The number of aliphatic carboxylic acids is 1. The van der Waals surface area contributed by atoms with E-state index in [4.69, 9.17) is 10.8 Å². The largest absolute Gasteiger partial charge is 0.481 e. The second-order valence-corrected chi connectivity index (χ2v) is 3.85. The first-order chi connectivity index (χ1) is 8.59. The summed E-state index contributed by atoms with van der Waals surface area (Å²) in [5, 5.41) is 18.5. The van der Waals surface area contributed by atoms with Crippen molar-refractivity contribution in [1.82, 2.24) is 19.5 Å². The molecule has 0 fully saturated rings. The number of imidazole rings is 1. The van der Waals surface area contributed by atoms with Gasteiger partial charge in [-0.2, -0.15) is 0 Å². The van der Waals surface area contributed by atoms with Gasteiger partial charge in [0.1, 0.15) is 18.1 Å². The van der Waals surface area contributed by atoms with Crippen molar-refractivity contribution in [3.05, 3.63) is 12.7 Å². The van der Waals surface area contributed by atoms with Crippen molar-refractivity contribution in [2.75, 3.05) is 5.73 Å². The Bertz CT molecular complexity index is 568. The van der Waals surface area contributed by atoms with Gasteiger partial charge >= 0.3 is 5.97 Å². The summed E-state index contributed by atoms with van der Waals surface area (Å²) in [7, 11) is 0. The Morgan fingerprint density at radius 3 is 2.94 bits per heavy atom. The van der Waals surface area contributed by atoms with Crippen LogP contribution in [0.25, 0.3) is 11.2 Å². The summed E-state index contributed by atoms with van der Waals surface area (Å²) in [5.41, 5.74) is 6.48. The molecule has 8 heteroatoms. The number of aliphatic hydroxyl groups excluding tert-OH is 1. The van der Waals surface area contributed by atoms with Gasteiger partial charge in [0.25, 0.3) is 0 Å². The van der Waals surface area contributed by atoms with E-state index in [0.29, 0.717) is 24.0 Å². The van der Waals surface area contributed by atoms with E-state index in [9.17, 15) is 9.90 Å². The van der Waals surface area contributed by atoms with Gasteiger partial charge in [0.15, 0.2) is 11.5 Å². The van der Waals surface area contributed by atoms with Gasteiger partial charge in [-0.15, -0.1) is 0 Å². The first-order valence-corrected chi connectivity index (χ1v) is 5.42. The predicted octanol–water partition coefficient (Wildman–Crippen LogP) is 0.154. The third kappa shape index (κ3) is 2.38. The third-order valence-corrected chi connectivity index (χ3v) is 2.56. The quantitative estimate of drug-likeness (QED) is 0.690. The van der Waals surface area contributed by atoms with Gasteiger partial charge in [-0.1, -0.05) is 0 Å². The molecule has 0 bridgehead atoms. The Morgan fingerprint density at radius 2 is 2.22 bits per heavy atom. The van der Waals surface area contributed by atoms with Crippen LogP contribution in [0.3, 0.4) is 0 Å². The minimum absolute atomic E-state index is 0.0147. The van der Waals surface area contributed by atoms with E-state index < -0.39 is 12.2 Å².